The summed E-state index contributed by atoms with van der Waals surface area (Å²) in [5.74, 6) is 0.171. The minimum absolute atomic E-state index is 0.167. The number of H-pyrrole nitrogens is 1. The first-order valence-corrected chi connectivity index (χ1v) is 9.39. The minimum atomic E-state index is -0.581. The van der Waals surface area contributed by atoms with Gasteiger partial charge < -0.3 is 10.6 Å². The van der Waals surface area contributed by atoms with E-state index >= 15 is 0 Å². The van der Waals surface area contributed by atoms with Crippen LogP contribution in [0.5, 0.6) is 0 Å². The molecule has 1 amide bonds. The Balaban J connectivity index is 2.31. The van der Waals surface area contributed by atoms with E-state index in [1.54, 1.807) is 13.1 Å². The van der Waals surface area contributed by atoms with Crippen LogP contribution in [0.3, 0.4) is 0 Å². The highest BCUT2D eigenvalue weighted by atomic mass is 16.2. The molecular formula is C19H27N5O3. The van der Waals surface area contributed by atoms with Gasteiger partial charge in [-0.3, -0.25) is 19.1 Å². The van der Waals surface area contributed by atoms with E-state index in [0.29, 0.717) is 18.7 Å². The number of nitrogens with zero attached hydrogens (tertiary/aromatic N) is 3. The van der Waals surface area contributed by atoms with Crippen molar-refractivity contribution in [3.63, 3.8) is 0 Å². The van der Waals surface area contributed by atoms with E-state index in [0.717, 1.165) is 18.5 Å². The SMILES string of the molecule is CC(C)Cn1c(=O)[nH]c(=O)c2c(C(=O)N(C)C(C)CN)cc(C3CC3)nc21. The first-order chi connectivity index (χ1) is 12.7. The highest BCUT2D eigenvalue weighted by Crippen LogP contribution is 2.40. The summed E-state index contributed by atoms with van der Waals surface area (Å²) in [6.45, 7) is 6.54. The zero-order chi connectivity index (χ0) is 19.9. The largest absolute Gasteiger partial charge is 0.338 e. The van der Waals surface area contributed by atoms with Gasteiger partial charge in [-0.1, -0.05) is 13.8 Å². The van der Waals surface area contributed by atoms with Crippen molar-refractivity contribution in [2.45, 2.75) is 52.1 Å². The molecule has 2 heterocycles. The fourth-order valence-corrected chi connectivity index (χ4v) is 3.13. The molecule has 27 heavy (non-hydrogen) atoms. The van der Waals surface area contributed by atoms with Gasteiger partial charge in [0.15, 0.2) is 5.65 Å². The molecule has 3 rings (SSSR count). The van der Waals surface area contributed by atoms with Gasteiger partial charge in [-0.25, -0.2) is 9.78 Å². The van der Waals surface area contributed by atoms with Gasteiger partial charge in [-0.2, -0.15) is 0 Å². The van der Waals surface area contributed by atoms with E-state index in [-0.39, 0.29) is 34.7 Å². The second-order valence-electron chi connectivity index (χ2n) is 7.83. The van der Waals surface area contributed by atoms with Crippen molar-refractivity contribution in [3.8, 4) is 0 Å². The molecule has 0 spiro atoms. The predicted octanol–water partition coefficient (Wildman–Crippen LogP) is 1.04. The summed E-state index contributed by atoms with van der Waals surface area (Å²) in [6.07, 6.45) is 2.00. The van der Waals surface area contributed by atoms with Crippen LogP contribution in [0.2, 0.25) is 0 Å². The predicted molar refractivity (Wildman–Crippen MR) is 104 cm³/mol. The Bertz CT molecular complexity index is 987. The number of carbonyl (C=O) groups is 1. The van der Waals surface area contributed by atoms with Crippen molar-refractivity contribution in [1.82, 2.24) is 19.4 Å². The molecule has 1 saturated carbocycles. The topological polar surface area (TPSA) is 114 Å². The van der Waals surface area contributed by atoms with Gasteiger partial charge in [0.2, 0.25) is 0 Å². The smallest absolute Gasteiger partial charge is 0.330 e. The number of carbonyl (C=O) groups excluding carboxylic acids is 1. The molecular weight excluding hydrogens is 346 g/mol. The van der Waals surface area contributed by atoms with Crippen molar-refractivity contribution >= 4 is 16.9 Å². The minimum Gasteiger partial charge on any atom is -0.338 e. The van der Waals surface area contributed by atoms with Crippen molar-refractivity contribution in [3.05, 3.63) is 38.2 Å². The lowest BCUT2D eigenvalue weighted by atomic mass is 10.1. The maximum Gasteiger partial charge on any atom is 0.330 e. The Labute approximate surface area is 157 Å². The molecule has 1 unspecified atom stereocenters. The molecule has 1 aliphatic carbocycles. The molecule has 1 atom stereocenters. The second-order valence-corrected chi connectivity index (χ2v) is 7.83. The zero-order valence-electron chi connectivity index (χ0n) is 16.3. The van der Waals surface area contributed by atoms with Gasteiger partial charge in [0, 0.05) is 37.8 Å². The Morgan fingerprint density at radius 1 is 1.37 bits per heavy atom. The number of amides is 1. The van der Waals surface area contributed by atoms with Crippen LogP contribution >= 0.6 is 0 Å². The molecule has 0 radical (unpaired) electrons. The summed E-state index contributed by atoms with van der Waals surface area (Å²) in [7, 11) is 1.67. The Hall–Kier alpha value is -2.48. The molecule has 8 nitrogen and oxygen atoms in total. The van der Waals surface area contributed by atoms with Crippen LogP contribution in [0.25, 0.3) is 11.0 Å². The van der Waals surface area contributed by atoms with E-state index in [2.05, 4.69) is 9.97 Å². The molecule has 8 heteroatoms. The Morgan fingerprint density at radius 2 is 2.04 bits per heavy atom. The van der Waals surface area contributed by atoms with Crippen molar-refractivity contribution < 1.29 is 4.79 Å². The fraction of sp³-hybridized carbons (Fsp3) is 0.579. The average Bonchev–Trinajstić information content (AvgIpc) is 3.47. The van der Waals surface area contributed by atoms with Crippen LogP contribution < -0.4 is 17.0 Å². The van der Waals surface area contributed by atoms with E-state index < -0.39 is 11.2 Å². The molecule has 0 aromatic carbocycles. The summed E-state index contributed by atoms with van der Waals surface area (Å²) in [5.41, 5.74) is 5.96. The van der Waals surface area contributed by atoms with Crippen molar-refractivity contribution in [2.75, 3.05) is 13.6 Å². The third kappa shape index (κ3) is 3.66. The standard InChI is InChI=1S/C19H27N5O3/c1-10(2)9-24-16-15(17(25)22-19(24)27)13(7-14(21-16)12-5-6-12)18(26)23(4)11(3)8-20/h7,10-12H,5-6,8-9,20H2,1-4H3,(H,22,25,27). The highest BCUT2D eigenvalue weighted by molar-refractivity contribution is 6.05. The zero-order valence-corrected chi connectivity index (χ0v) is 16.3. The number of fused-ring (bicyclic) bond motifs is 1. The summed E-state index contributed by atoms with van der Waals surface area (Å²) in [4.78, 5) is 46.7. The molecule has 2 aromatic heterocycles. The number of hydrogen-bond acceptors (Lipinski definition) is 5. The van der Waals surface area contributed by atoms with Crippen LogP contribution in [-0.2, 0) is 6.54 Å². The monoisotopic (exact) mass is 373 g/mol. The van der Waals surface area contributed by atoms with E-state index in [4.69, 9.17) is 5.73 Å². The Morgan fingerprint density at radius 3 is 2.59 bits per heavy atom. The lowest BCUT2D eigenvalue weighted by molar-refractivity contribution is 0.0750. The number of aromatic nitrogens is 3. The molecule has 146 valence electrons. The lowest BCUT2D eigenvalue weighted by Crippen LogP contribution is -2.41. The van der Waals surface area contributed by atoms with Gasteiger partial charge in [0.1, 0.15) is 0 Å². The van der Waals surface area contributed by atoms with Crippen LogP contribution in [0.1, 0.15) is 55.6 Å². The average molecular weight is 373 g/mol. The van der Waals surface area contributed by atoms with Crippen LogP contribution in [0, 0.1) is 5.92 Å². The van der Waals surface area contributed by atoms with E-state index in [1.165, 1.54) is 9.47 Å². The van der Waals surface area contributed by atoms with Crippen LogP contribution in [0.15, 0.2) is 15.7 Å². The number of likely N-dealkylation sites (N-methyl/N-ethyl adjacent to an activating group) is 1. The quantitative estimate of drug-likeness (QED) is 0.785. The number of nitrogens with one attached hydrogen (secondary N) is 1. The molecule has 0 aliphatic heterocycles. The summed E-state index contributed by atoms with van der Waals surface area (Å²) < 4.78 is 1.47. The van der Waals surface area contributed by atoms with Crippen molar-refractivity contribution in [2.24, 2.45) is 11.7 Å². The summed E-state index contributed by atoms with van der Waals surface area (Å²) in [6, 6.07) is 1.53. The number of rotatable bonds is 6. The van der Waals surface area contributed by atoms with Gasteiger partial charge in [0.05, 0.1) is 10.9 Å². The second kappa shape index (κ2) is 7.26. The fourth-order valence-electron chi connectivity index (χ4n) is 3.13. The maximum atomic E-state index is 13.1. The van der Waals surface area contributed by atoms with Gasteiger partial charge >= 0.3 is 5.69 Å². The first-order valence-electron chi connectivity index (χ1n) is 9.39. The van der Waals surface area contributed by atoms with Crippen LogP contribution in [0.4, 0.5) is 0 Å². The molecule has 1 aliphatic rings. The first kappa shape index (κ1) is 19.3. The number of pyridine rings is 1. The van der Waals surface area contributed by atoms with Gasteiger partial charge in [-0.15, -0.1) is 0 Å². The van der Waals surface area contributed by atoms with E-state index in [1.807, 2.05) is 20.8 Å². The number of nitrogens with two attached hydrogens (primary N) is 1. The molecule has 3 N–H and O–H groups in total. The maximum absolute atomic E-state index is 13.1. The normalized spacial score (nSPS) is 15.3. The Kier molecular flexibility index (Phi) is 5.19. The summed E-state index contributed by atoms with van der Waals surface area (Å²) in [5, 5.41) is 0.167. The molecule has 2 aromatic rings. The summed E-state index contributed by atoms with van der Waals surface area (Å²) >= 11 is 0. The molecule has 0 bridgehead atoms. The van der Waals surface area contributed by atoms with Gasteiger partial charge in [-0.05, 0) is 31.7 Å². The molecule has 0 saturated heterocycles. The number of hydrogen-bond donors (Lipinski definition) is 2. The third-order valence-corrected chi connectivity index (χ3v) is 5.06. The molecule has 1 fully saturated rings. The lowest BCUT2D eigenvalue weighted by Gasteiger charge is -2.24. The van der Waals surface area contributed by atoms with Gasteiger partial charge in [0.25, 0.3) is 11.5 Å². The highest BCUT2D eigenvalue weighted by Gasteiger charge is 2.30. The van der Waals surface area contributed by atoms with E-state index in [9.17, 15) is 14.4 Å². The van der Waals surface area contributed by atoms with Crippen molar-refractivity contribution in [1.29, 1.82) is 0 Å². The number of aromatic amines is 1. The third-order valence-electron chi connectivity index (χ3n) is 5.06. The van der Waals surface area contributed by atoms with Crippen LogP contribution in [-0.4, -0.2) is 45.0 Å².